The Morgan fingerprint density at radius 2 is 1.86 bits per heavy atom. The lowest BCUT2D eigenvalue weighted by Crippen LogP contribution is -2.09. The lowest BCUT2D eigenvalue weighted by molar-refractivity contribution is -0.385. The number of nitrogens with one attached hydrogen (secondary N) is 2. The average Bonchev–Trinajstić information content (AvgIpc) is 2.41. The Hall–Kier alpha value is -2.70. The number of nitrogens with zero attached hydrogens (tertiary/aromatic N) is 3. The van der Waals surface area contributed by atoms with Crippen LogP contribution in [0.4, 0.5) is 23.1 Å². The average molecular weight is 287 g/mol. The first kappa shape index (κ1) is 14.7. The van der Waals surface area contributed by atoms with E-state index in [1.54, 1.807) is 6.92 Å². The summed E-state index contributed by atoms with van der Waals surface area (Å²) in [7, 11) is 0. The van der Waals surface area contributed by atoms with E-state index in [0.717, 1.165) is 11.3 Å². The number of aromatic nitrogens is 2. The van der Waals surface area contributed by atoms with Gasteiger partial charge in [0.05, 0.1) is 4.92 Å². The molecular formula is C14H17N5O2. The van der Waals surface area contributed by atoms with Crippen molar-refractivity contribution in [2.24, 2.45) is 0 Å². The first-order valence-electron chi connectivity index (χ1n) is 6.62. The number of hydrogen-bond donors (Lipinski definition) is 2. The summed E-state index contributed by atoms with van der Waals surface area (Å²) in [6.07, 6.45) is 0. The van der Waals surface area contributed by atoms with Gasteiger partial charge in [0.1, 0.15) is 5.69 Å². The molecule has 7 nitrogen and oxygen atoms in total. The van der Waals surface area contributed by atoms with Crippen molar-refractivity contribution >= 4 is 23.1 Å². The summed E-state index contributed by atoms with van der Waals surface area (Å²) in [5.74, 6) is 0.558. The molecule has 0 fully saturated rings. The molecule has 0 radical (unpaired) electrons. The number of aryl methyl sites for hydroxylation is 2. The highest BCUT2D eigenvalue weighted by atomic mass is 16.6. The molecule has 0 aliphatic rings. The van der Waals surface area contributed by atoms with Crippen molar-refractivity contribution in [2.45, 2.75) is 20.8 Å². The zero-order valence-electron chi connectivity index (χ0n) is 12.2. The molecule has 0 aliphatic carbocycles. The molecule has 0 unspecified atom stereocenters. The van der Waals surface area contributed by atoms with Crippen LogP contribution < -0.4 is 10.6 Å². The van der Waals surface area contributed by atoms with Crippen LogP contribution in [0.1, 0.15) is 18.2 Å². The van der Waals surface area contributed by atoms with Crippen LogP contribution >= 0.6 is 0 Å². The fraction of sp³-hybridized carbons (Fsp3) is 0.286. The highest BCUT2D eigenvalue weighted by Gasteiger charge is 2.22. The predicted octanol–water partition coefficient (Wildman–Crippen LogP) is 3.18. The Balaban J connectivity index is 2.43. The Labute approximate surface area is 122 Å². The molecule has 0 amide bonds. The normalized spacial score (nSPS) is 10.2. The van der Waals surface area contributed by atoms with Gasteiger partial charge < -0.3 is 10.6 Å². The maximum absolute atomic E-state index is 11.2. The largest absolute Gasteiger partial charge is 0.354 e. The number of rotatable bonds is 5. The maximum Gasteiger partial charge on any atom is 0.332 e. The van der Waals surface area contributed by atoms with E-state index in [-0.39, 0.29) is 11.5 Å². The van der Waals surface area contributed by atoms with Gasteiger partial charge in [-0.15, -0.1) is 0 Å². The van der Waals surface area contributed by atoms with Crippen molar-refractivity contribution < 1.29 is 4.92 Å². The van der Waals surface area contributed by atoms with Gasteiger partial charge in [0.25, 0.3) is 0 Å². The third-order valence-corrected chi connectivity index (χ3v) is 2.89. The summed E-state index contributed by atoms with van der Waals surface area (Å²) in [5, 5.41) is 17.2. The topological polar surface area (TPSA) is 93.0 Å². The van der Waals surface area contributed by atoms with Gasteiger partial charge in [0, 0.05) is 12.2 Å². The minimum atomic E-state index is -0.471. The van der Waals surface area contributed by atoms with Gasteiger partial charge in [-0.05, 0) is 32.9 Å². The van der Waals surface area contributed by atoms with Crippen LogP contribution in [0.3, 0.4) is 0 Å². The van der Waals surface area contributed by atoms with E-state index in [1.807, 2.05) is 38.1 Å². The molecule has 2 aromatic rings. The third kappa shape index (κ3) is 3.44. The fourth-order valence-electron chi connectivity index (χ4n) is 1.88. The van der Waals surface area contributed by atoms with Gasteiger partial charge in [0.2, 0.25) is 11.8 Å². The molecule has 0 bridgehead atoms. The van der Waals surface area contributed by atoms with E-state index in [2.05, 4.69) is 20.6 Å². The van der Waals surface area contributed by atoms with E-state index < -0.39 is 4.92 Å². The molecule has 1 aromatic heterocycles. The van der Waals surface area contributed by atoms with Crippen molar-refractivity contribution in [3.8, 4) is 0 Å². The van der Waals surface area contributed by atoms with Crippen molar-refractivity contribution in [2.75, 3.05) is 17.2 Å². The molecular weight excluding hydrogens is 270 g/mol. The lowest BCUT2D eigenvalue weighted by atomic mass is 10.2. The van der Waals surface area contributed by atoms with Crippen LogP contribution in [0.5, 0.6) is 0 Å². The second-order valence-electron chi connectivity index (χ2n) is 4.61. The zero-order chi connectivity index (χ0) is 15.4. The fourth-order valence-corrected chi connectivity index (χ4v) is 1.88. The van der Waals surface area contributed by atoms with Crippen LogP contribution in [0.2, 0.25) is 0 Å². The summed E-state index contributed by atoms with van der Waals surface area (Å²) in [4.78, 5) is 19.0. The van der Waals surface area contributed by atoms with Crippen molar-refractivity contribution in [1.82, 2.24) is 9.97 Å². The summed E-state index contributed by atoms with van der Waals surface area (Å²) in [6.45, 7) is 6.12. The number of nitro groups is 1. The monoisotopic (exact) mass is 287 g/mol. The SMILES string of the molecule is CCNc1nc(C)c([N+](=O)[O-])c(Nc2ccc(C)cc2)n1. The molecule has 1 aromatic carbocycles. The minimum Gasteiger partial charge on any atom is -0.354 e. The number of anilines is 3. The smallest absolute Gasteiger partial charge is 0.332 e. The van der Waals surface area contributed by atoms with Gasteiger partial charge in [-0.3, -0.25) is 10.1 Å². The lowest BCUT2D eigenvalue weighted by Gasteiger charge is -2.10. The summed E-state index contributed by atoms with van der Waals surface area (Å²) < 4.78 is 0. The zero-order valence-corrected chi connectivity index (χ0v) is 12.2. The molecule has 0 atom stereocenters. The molecule has 0 spiro atoms. The van der Waals surface area contributed by atoms with Gasteiger partial charge in [0.15, 0.2) is 0 Å². The van der Waals surface area contributed by atoms with Crippen molar-refractivity contribution in [3.63, 3.8) is 0 Å². The van der Waals surface area contributed by atoms with E-state index in [0.29, 0.717) is 18.2 Å². The molecule has 21 heavy (non-hydrogen) atoms. The molecule has 0 saturated heterocycles. The van der Waals surface area contributed by atoms with E-state index >= 15 is 0 Å². The number of hydrogen-bond acceptors (Lipinski definition) is 6. The Morgan fingerprint density at radius 3 is 2.43 bits per heavy atom. The second kappa shape index (κ2) is 6.17. The Morgan fingerprint density at radius 1 is 1.19 bits per heavy atom. The molecule has 7 heteroatoms. The molecule has 2 rings (SSSR count). The van der Waals surface area contributed by atoms with Crippen LogP contribution in [-0.2, 0) is 0 Å². The van der Waals surface area contributed by atoms with Crippen LogP contribution in [-0.4, -0.2) is 21.4 Å². The van der Waals surface area contributed by atoms with E-state index in [1.165, 1.54) is 0 Å². The first-order valence-corrected chi connectivity index (χ1v) is 6.62. The van der Waals surface area contributed by atoms with Crippen molar-refractivity contribution in [1.29, 1.82) is 0 Å². The standard InChI is InChI=1S/C14H17N5O2/c1-4-15-14-16-10(3)12(19(20)21)13(18-14)17-11-7-5-9(2)6-8-11/h5-8H,4H2,1-3H3,(H2,15,16,17,18). The summed E-state index contributed by atoms with van der Waals surface area (Å²) in [6, 6.07) is 7.55. The van der Waals surface area contributed by atoms with E-state index in [4.69, 9.17) is 0 Å². The molecule has 1 heterocycles. The molecule has 0 saturated carbocycles. The van der Waals surface area contributed by atoms with Crippen LogP contribution in [0.15, 0.2) is 24.3 Å². The maximum atomic E-state index is 11.2. The van der Waals surface area contributed by atoms with Crippen molar-refractivity contribution in [3.05, 3.63) is 45.6 Å². The highest BCUT2D eigenvalue weighted by molar-refractivity contribution is 5.68. The van der Waals surface area contributed by atoms with E-state index in [9.17, 15) is 10.1 Å². The van der Waals surface area contributed by atoms with Gasteiger partial charge in [-0.2, -0.15) is 4.98 Å². The van der Waals surface area contributed by atoms with Crippen LogP contribution in [0, 0.1) is 24.0 Å². The second-order valence-corrected chi connectivity index (χ2v) is 4.61. The predicted molar refractivity (Wildman–Crippen MR) is 82.0 cm³/mol. The Kier molecular flexibility index (Phi) is 4.32. The van der Waals surface area contributed by atoms with Crippen LogP contribution in [0.25, 0.3) is 0 Å². The minimum absolute atomic E-state index is 0.114. The van der Waals surface area contributed by atoms with Gasteiger partial charge in [-0.1, -0.05) is 17.7 Å². The van der Waals surface area contributed by atoms with Gasteiger partial charge >= 0.3 is 5.69 Å². The third-order valence-electron chi connectivity index (χ3n) is 2.89. The summed E-state index contributed by atoms with van der Waals surface area (Å²) in [5.41, 5.74) is 2.06. The molecule has 110 valence electrons. The quantitative estimate of drug-likeness (QED) is 0.648. The number of benzene rings is 1. The molecule has 0 aliphatic heterocycles. The molecule has 2 N–H and O–H groups in total. The van der Waals surface area contributed by atoms with Gasteiger partial charge in [-0.25, -0.2) is 4.98 Å². The Bertz CT molecular complexity index is 655. The first-order chi connectivity index (χ1) is 10.0. The summed E-state index contributed by atoms with van der Waals surface area (Å²) >= 11 is 0. The highest BCUT2D eigenvalue weighted by Crippen LogP contribution is 2.29.